The molecular formula is C21H19Cl2N3O2. The molecule has 7 heteroatoms. The van der Waals surface area contributed by atoms with Gasteiger partial charge in [0.15, 0.2) is 5.82 Å². The Morgan fingerprint density at radius 1 is 1.11 bits per heavy atom. The van der Waals surface area contributed by atoms with Crippen molar-refractivity contribution in [3.05, 3.63) is 69.8 Å². The van der Waals surface area contributed by atoms with E-state index in [9.17, 15) is 0 Å². The van der Waals surface area contributed by atoms with Crippen LogP contribution in [0.5, 0.6) is 0 Å². The lowest BCUT2D eigenvalue weighted by molar-refractivity contribution is 0.104. The molecule has 1 aliphatic heterocycles. The van der Waals surface area contributed by atoms with Crippen molar-refractivity contribution in [1.82, 2.24) is 9.97 Å². The van der Waals surface area contributed by atoms with Gasteiger partial charge in [-0.2, -0.15) is 0 Å². The molecule has 0 saturated carbocycles. The van der Waals surface area contributed by atoms with Crippen molar-refractivity contribution in [1.29, 1.82) is 0 Å². The van der Waals surface area contributed by atoms with E-state index in [4.69, 9.17) is 37.7 Å². The molecule has 1 aliphatic rings. The summed E-state index contributed by atoms with van der Waals surface area (Å²) in [7, 11) is 0. The Balaban J connectivity index is 1.67. The number of hydrogen-bond acceptors (Lipinski definition) is 5. The van der Waals surface area contributed by atoms with E-state index in [0.717, 1.165) is 29.1 Å². The summed E-state index contributed by atoms with van der Waals surface area (Å²) >= 11 is 12.2. The molecule has 2 aromatic carbocycles. The van der Waals surface area contributed by atoms with Crippen molar-refractivity contribution in [3.63, 3.8) is 0 Å². The molecule has 1 unspecified atom stereocenters. The third-order valence-corrected chi connectivity index (χ3v) is 5.12. The predicted molar refractivity (Wildman–Crippen MR) is 111 cm³/mol. The first-order valence-corrected chi connectivity index (χ1v) is 9.70. The number of epoxide rings is 1. The number of ether oxygens (including phenoxy) is 2. The third-order valence-electron chi connectivity index (χ3n) is 4.38. The van der Waals surface area contributed by atoms with E-state index in [-0.39, 0.29) is 6.10 Å². The van der Waals surface area contributed by atoms with Gasteiger partial charge in [0, 0.05) is 22.5 Å². The van der Waals surface area contributed by atoms with Crippen LogP contribution in [-0.2, 0) is 16.1 Å². The molecule has 0 aliphatic carbocycles. The highest BCUT2D eigenvalue weighted by atomic mass is 35.5. The number of rotatable bonds is 7. The lowest BCUT2D eigenvalue weighted by Gasteiger charge is -2.15. The van der Waals surface area contributed by atoms with Crippen molar-refractivity contribution in [2.24, 2.45) is 0 Å². The smallest absolute Gasteiger partial charge is 0.161 e. The van der Waals surface area contributed by atoms with Gasteiger partial charge in [-0.05, 0) is 25.1 Å². The van der Waals surface area contributed by atoms with Crippen LogP contribution in [0.1, 0.15) is 11.3 Å². The number of aryl methyl sites for hydroxylation is 1. The zero-order valence-electron chi connectivity index (χ0n) is 15.3. The molecule has 4 rings (SSSR count). The Hall–Kier alpha value is -2.18. The molecule has 5 nitrogen and oxygen atoms in total. The Bertz CT molecular complexity index is 979. The quantitative estimate of drug-likeness (QED) is 0.522. The van der Waals surface area contributed by atoms with Crippen LogP contribution in [0.25, 0.3) is 11.4 Å². The van der Waals surface area contributed by atoms with E-state index in [2.05, 4.69) is 10.3 Å². The summed E-state index contributed by atoms with van der Waals surface area (Å²) in [6.07, 6.45) is 0.205. The van der Waals surface area contributed by atoms with Gasteiger partial charge in [0.1, 0.15) is 11.9 Å². The average molecular weight is 416 g/mol. The summed E-state index contributed by atoms with van der Waals surface area (Å²) in [5.41, 5.74) is 3.49. The molecule has 2 heterocycles. The summed E-state index contributed by atoms with van der Waals surface area (Å²) in [4.78, 5) is 9.44. The van der Waals surface area contributed by atoms with E-state index >= 15 is 0 Å². The average Bonchev–Trinajstić information content (AvgIpc) is 3.52. The molecule has 1 N–H and O–H groups in total. The minimum absolute atomic E-state index is 0.205. The number of nitrogens with one attached hydrogen (secondary N) is 1. The van der Waals surface area contributed by atoms with Gasteiger partial charge in [0.05, 0.1) is 29.9 Å². The van der Waals surface area contributed by atoms with Gasteiger partial charge in [0.2, 0.25) is 0 Å². The van der Waals surface area contributed by atoms with E-state index in [1.807, 2.05) is 43.3 Å². The van der Waals surface area contributed by atoms with Crippen LogP contribution in [0.15, 0.2) is 48.5 Å². The molecule has 3 aromatic rings. The van der Waals surface area contributed by atoms with Crippen LogP contribution in [0, 0.1) is 6.92 Å². The summed E-state index contributed by atoms with van der Waals surface area (Å²) in [5.74, 6) is 1.33. The van der Waals surface area contributed by atoms with Gasteiger partial charge in [0.25, 0.3) is 0 Å². The minimum Gasteiger partial charge on any atom is -0.374 e. The van der Waals surface area contributed by atoms with Gasteiger partial charge in [-0.3, -0.25) is 0 Å². The molecule has 0 amide bonds. The number of aromatic nitrogens is 2. The van der Waals surface area contributed by atoms with Crippen LogP contribution in [-0.4, -0.2) is 29.3 Å². The van der Waals surface area contributed by atoms with E-state index in [0.29, 0.717) is 34.9 Å². The first-order valence-electron chi connectivity index (χ1n) is 8.94. The van der Waals surface area contributed by atoms with Crippen molar-refractivity contribution >= 4 is 34.7 Å². The van der Waals surface area contributed by atoms with Crippen molar-refractivity contribution in [2.75, 3.05) is 18.5 Å². The Labute approximate surface area is 173 Å². The predicted octanol–water partition coefficient (Wildman–Crippen LogP) is 5.42. The van der Waals surface area contributed by atoms with Gasteiger partial charge < -0.3 is 14.8 Å². The molecule has 0 bridgehead atoms. The topological polar surface area (TPSA) is 59.6 Å². The van der Waals surface area contributed by atoms with Crippen LogP contribution in [0.3, 0.4) is 0 Å². The lowest BCUT2D eigenvalue weighted by Crippen LogP contribution is -2.09. The Morgan fingerprint density at radius 3 is 2.61 bits per heavy atom. The second-order valence-electron chi connectivity index (χ2n) is 6.55. The fourth-order valence-electron chi connectivity index (χ4n) is 2.76. The molecule has 0 radical (unpaired) electrons. The van der Waals surface area contributed by atoms with Crippen LogP contribution in [0.4, 0.5) is 11.5 Å². The summed E-state index contributed by atoms with van der Waals surface area (Å²) in [6, 6.07) is 15.2. The highest BCUT2D eigenvalue weighted by molar-refractivity contribution is 6.42. The van der Waals surface area contributed by atoms with Crippen molar-refractivity contribution < 1.29 is 9.47 Å². The maximum absolute atomic E-state index is 6.16. The normalized spacial score (nSPS) is 15.5. The van der Waals surface area contributed by atoms with Crippen LogP contribution in [0.2, 0.25) is 10.0 Å². The second kappa shape index (κ2) is 8.45. The van der Waals surface area contributed by atoms with E-state index < -0.39 is 0 Å². The maximum atomic E-state index is 6.16. The van der Waals surface area contributed by atoms with Crippen LogP contribution >= 0.6 is 23.2 Å². The molecule has 1 atom stereocenters. The minimum atomic E-state index is 0.205. The summed E-state index contributed by atoms with van der Waals surface area (Å²) in [5, 5.41) is 4.32. The molecule has 1 aromatic heterocycles. The molecule has 1 fully saturated rings. The van der Waals surface area contributed by atoms with Gasteiger partial charge in [-0.15, -0.1) is 0 Å². The van der Waals surface area contributed by atoms with Crippen LogP contribution < -0.4 is 5.32 Å². The summed E-state index contributed by atoms with van der Waals surface area (Å²) < 4.78 is 11.0. The van der Waals surface area contributed by atoms with Gasteiger partial charge >= 0.3 is 0 Å². The van der Waals surface area contributed by atoms with E-state index in [1.54, 1.807) is 12.1 Å². The molecule has 28 heavy (non-hydrogen) atoms. The monoisotopic (exact) mass is 415 g/mol. The first-order chi connectivity index (χ1) is 13.6. The zero-order chi connectivity index (χ0) is 19.5. The third kappa shape index (κ3) is 4.62. The van der Waals surface area contributed by atoms with Gasteiger partial charge in [-0.1, -0.05) is 53.5 Å². The molecule has 144 valence electrons. The number of anilines is 2. The fourth-order valence-corrected chi connectivity index (χ4v) is 3.05. The number of halogens is 2. The Kier molecular flexibility index (Phi) is 5.78. The second-order valence-corrected chi connectivity index (χ2v) is 7.36. The highest BCUT2D eigenvalue weighted by Crippen LogP contribution is 2.30. The Morgan fingerprint density at radius 2 is 1.89 bits per heavy atom. The zero-order valence-corrected chi connectivity index (χ0v) is 16.8. The number of benzene rings is 2. The largest absolute Gasteiger partial charge is 0.374 e. The molecular weight excluding hydrogens is 397 g/mol. The van der Waals surface area contributed by atoms with Gasteiger partial charge in [-0.25, -0.2) is 9.97 Å². The lowest BCUT2D eigenvalue weighted by atomic mass is 10.1. The number of nitrogens with zero attached hydrogens (tertiary/aromatic N) is 2. The van der Waals surface area contributed by atoms with Crippen molar-refractivity contribution in [3.8, 4) is 11.4 Å². The standard InChI is InChI=1S/C21H19Cl2N3O2/c1-13-17(12-27-10-16-11-28-16)21(25-15-7-8-18(22)19(23)9-15)26-20(24-13)14-5-3-2-4-6-14/h2-9,16H,10-12H2,1H3,(H,24,25,26). The highest BCUT2D eigenvalue weighted by Gasteiger charge is 2.23. The molecule has 1 saturated heterocycles. The number of hydrogen-bond donors (Lipinski definition) is 1. The fraction of sp³-hybridized carbons (Fsp3) is 0.238. The first kappa shape index (κ1) is 19.2. The SMILES string of the molecule is Cc1nc(-c2ccccc2)nc(Nc2ccc(Cl)c(Cl)c2)c1COCC1CO1. The molecule has 0 spiro atoms. The van der Waals surface area contributed by atoms with Crippen molar-refractivity contribution in [2.45, 2.75) is 19.6 Å². The van der Waals surface area contributed by atoms with E-state index in [1.165, 1.54) is 0 Å². The maximum Gasteiger partial charge on any atom is 0.161 e. The summed E-state index contributed by atoms with van der Waals surface area (Å²) in [6.45, 7) is 3.67.